The number of halogens is 2. The highest BCUT2D eigenvalue weighted by atomic mass is 35.5. The van der Waals surface area contributed by atoms with Crippen molar-refractivity contribution in [3.05, 3.63) is 153 Å². The summed E-state index contributed by atoms with van der Waals surface area (Å²) in [4.78, 5) is 4.84. The van der Waals surface area contributed by atoms with Gasteiger partial charge in [-0.15, -0.1) is 10.2 Å². The second-order valence-corrected chi connectivity index (χ2v) is 12.7. The molecule has 1 aliphatic heterocycles. The van der Waals surface area contributed by atoms with Crippen molar-refractivity contribution in [3.63, 3.8) is 0 Å². The van der Waals surface area contributed by atoms with Crippen molar-refractivity contribution in [2.24, 2.45) is 0 Å². The summed E-state index contributed by atoms with van der Waals surface area (Å²) in [6, 6.07) is 36.3. The summed E-state index contributed by atoms with van der Waals surface area (Å²) in [6.07, 6.45) is 1.64. The molecule has 0 spiro atoms. The number of rotatable bonds is 12. The molecule has 7 rings (SSSR count). The zero-order valence-corrected chi connectivity index (χ0v) is 27.9. The van der Waals surface area contributed by atoms with Crippen LogP contribution in [0.5, 0.6) is 0 Å². The van der Waals surface area contributed by atoms with E-state index >= 15 is 0 Å². The van der Waals surface area contributed by atoms with E-state index in [1.165, 1.54) is 11.1 Å². The number of tetrazole rings is 2. The first-order valence-electron chi connectivity index (χ1n) is 16.2. The zero-order valence-electron chi connectivity index (χ0n) is 26.4. The largest absolute Gasteiger partial charge is 0.287 e. The van der Waals surface area contributed by atoms with Crippen LogP contribution in [0.15, 0.2) is 109 Å². The van der Waals surface area contributed by atoms with Gasteiger partial charge in [-0.3, -0.25) is 9.80 Å². The van der Waals surface area contributed by atoms with Crippen molar-refractivity contribution in [3.8, 4) is 0 Å². The van der Waals surface area contributed by atoms with E-state index in [9.17, 15) is 0 Å². The molecular weight excluding hydrogens is 643 g/mol. The lowest BCUT2D eigenvalue weighted by atomic mass is 10.0. The molecule has 1 fully saturated rings. The van der Waals surface area contributed by atoms with Gasteiger partial charge < -0.3 is 0 Å². The molecule has 0 amide bonds. The fourth-order valence-electron chi connectivity index (χ4n) is 6.54. The van der Waals surface area contributed by atoms with E-state index in [1.54, 1.807) is 0 Å². The molecule has 0 radical (unpaired) electrons. The average molecular weight is 680 g/mol. The van der Waals surface area contributed by atoms with Crippen LogP contribution in [0.1, 0.15) is 46.0 Å². The summed E-state index contributed by atoms with van der Waals surface area (Å²) in [5.74, 6) is 1.56. The van der Waals surface area contributed by atoms with Crippen LogP contribution in [-0.2, 0) is 25.9 Å². The maximum Gasteiger partial charge on any atom is 0.173 e. The van der Waals surface area contributed by atoms with E-state index in [0.29, 0.717) is 23.1 Å². The molecule has 12 heteroatoms. The van der Waals surface area contributed by atoms with Crippen LogP contribution >= 0.6 is 23.2 Å². The zero-order chi connectivity index (χ0) is 32.7. The van der Waals surface area contributed by atoms with Gasteiger partial charge in [-0.05, 0) is 68.1 Å². The first-order valence-corrected chi connectivity index (χ1v) is 17.0. The number of aryl methyl sites for hydroxylation is 4. The molecule has 2 atom stereocenters. The smallest absolute Gasteiger partial charge is 0.173 e. The Bertz CT molecular complexity index is 1770. The van der Waals surface area contributed by atoms with Crippen molar-refractivity contribution in [2.45, 2.75) is 38.0 Å². The fraction of sp³-hybridized carbons (Fsp3) is 0.278. The van der Waals surface area contributed by atoms with Crippen molar-refractivity contribution in [1.29, 1.82) is 0 Å². The summed E-state index contributed by atoms with van der Waals surface area (Å²) in [5, 5.41) is 27.6. The SMILES string of the molecule is Clc1ccccc1[C@H](c1nnnn1CCc1ccccc1)N1CCN([C@H](c2ccccc2Cl)c2nnnn2CCc2ccccc2)CC1. The Morgan fingerprint density at radius 1 is 0.500 bits per heavy atom. The first kappa shape index (κ1) is 32.1. The van der Waals surface area contributed by atoms with Crippen LogP contribution in [0, 0.1) is 0 Å². The van der Waals surface area contributed by atoms with Crippen molar-refractivity contribution >= 4 is 23.2 Å². The minimum Gasteiger partial charge on any atom is -0.287 e. The van der Waals surface area contributed by atoms with E-state index < -0.39 is 0 Å². The van der Waals surface area contributed by atoms with Gasteiger partial charge in [0.25, 0.3) is 0 Å². The molecular formula is C36H36Cl2N10. The predicted octanol–water partition coefficient (Wildman–Crippen LogP) is 5.95. The molecule has 0 N–H and O–H groups in total. The molecule has 1 aliphatic rings. The van der Waals surface area contributed by atoms with Gasteiger partial charge in [0.2, 0.25) is 0 Å². The van der Waals surface area contributed by atoms with Gasteiger partial charge in [0.15, 0.2) is 11.6 Å². The van der Waals surface area contributed by atoms with Crippen LogP contribution in [0.4, 0.5) is 0 Å². The van der Waals surface area contributed by atoms with Crippen LogP contribution in [0.25, 0.3) is 0 Å². The number of hydrogen-bond donors (Lipinski definition) is 0. The molecule has 1 saturated heterocycles. The van der Waals surface area contributed by atoms with Crippen LogP contribution in [0.3, 0.4) is 0 Å². The predicted molar refractivity (Wildman–Crippen MR) is 186 cm³/mol. The minimum atomic E-state index is -0.221. The normalized spacial score (nSPS) is 15.4. The lowest BCUT2D eigenvalue weighted by Crippen LogP contribution is -2.50. The van der Waals surface area contributed by atoms with Gasteiger partial charge >= 0.3 is 0 Å². The third-order valence-corrected chi connectivity index (χ3v) is 9.69. The van der Waals surface area contributed by atoms with Gasteiger partial charge in [0.1, 0.15) is 0 Å². The molecule has 6 aromatic rings. The molecule has 244 valence electrons. The Morgan fingerprint density at radius 2 is 0.875 bits per heavy atom. The highest BCUT2D eigenvalue weighted by Crippen LogP contribution is 2.36. The molecule has 10 nitrogen and oxygen atoms in total. The summed E-state index contributed by atoms with van der Waals surface area (Å²) >= 11 is 13.7. The maximum atomic E-state index is 6.86. The van der Waals surface area contributed by atoms with E-state index in [-0.39, 0.29) is 12.1 Å². The number of piperazine rings is 1. The monoisotopic (exact) mass is 678 g/mol. The molecule has 0 aliphatic carbocycles. The highest BCUT2D eigenvalue weighted by molar-refractivity contribution is 6.31. The highest BCUT2D eigenvalue weighted by Gasteiger charge is 2.36. The Balaban J connectivity index is 1.15. The second kappa shape index (κ2) is 15.2. The number of benzene rings is 4. The standard InChI is InChI=1S/C36H36Cl2N10/c37-31-17-9-7-15-29(31)33(35-39-41-43-47(35)21-19-27-11-3-1-4-12-27)45-23-25-46(26-24-45)34(30-16-8-10-18-32(30)38)36-40-42-44-48(36)22-20-28-13-5-2-6-14-28/h1-18,33-34H,19-26H2/t33-,34-/m1/s1. The van der Waals surface area contributed by atoms with Crippen LogP contribution in [0.2, 0.25) is 10.0 Å². The van der Waals surface area contributed by atoms with Gasteiger partial charge in [-0.25, -0.2) is 9.36 Å². The summed E-state index contributed by atoms with van der Waals surface area (Å²) in [5.41, 5.74) is 4.43. The Labute approximate surface area is 289 Å². The van der Waals surface area contributed by atoms with Gasteiger partial charge in [-0.1, -0.05) is 120 Å². The summed E-state index contributed by atoms with van der Waals surface area (Å²) < 4.78 is 3.83. The van der Waals surface area contributed by atoms with E-state index in [2.05, 4.69) is 102 Å². The second-order valence-electron chi connectivity index (χ2n) is 11.9. The third-order valence-electron chi connectivity index (χ3n) is 9.00. The molecule has 0 bridgehead atoms. The molecule has 2 aromatic heterocycles. The molecule has 3 heterocycles. The van der Waals surface area contributed by atoms with Crippen LogP contribution in [-0.4, -0.2) is 76.4 Å². The third kappa shape index (κ3) is 7.17. The first-order chi connectivity index (χ1) is 23.7. The van der Waals surface area contributed by atoms with E-state index in [1.807, 2.05) is 57.9 Å². The lowest BCUT2D eigenvalue weighted by Gasteiger charge is -2.42. The topological polar surface area (TPSA) is 93.7 Å². The summed E-state index contributed by atoms with van der Waals surface area (Å²) in [6.45, 7) is 4.30. The fourth-order valence-corrected chi connectivity index (χ4v) is 7.02. The van der Waals surface area contributed by atoms with Gasteiger partial charge in [0.05, 0.1) is 12.1 Å². The molecule has 48 heavy (non-hydrogen) atoms. The Kier molecular flexibility index (Phi) is 10.1. The number of aromatic nitrogens is 8. The maximum absolute atomic E-state index is 6.86. The molecule has 4 aromatic carbocycles. The number of nitrogens with zero attached hydrogens (tertiary/aromatic N) is 10. The minimum absolute atomic E-state index is 0.221. The number of hydrogen-bond acceptors (Lipinski definition) is 8. The van der Waals surface area contributed by atoms with Gasteiger partial charge in [-0.2, -0.15) is 0 Å². The Morgan fingerprint density at radius 3 is 1.27 bits per heavy atom. The molecule has 0 unspecified atom stereocenters. The lowest BCUT2D eigenvalue weighted by molar-refractivity contribution is 0.0823. The van der Waals surface area contributed by atoms with E-state index in [0.717, 1.165) is 61.8 Å². The van der Waals surface area contributed by atoms with Crippen molar-refractivity contribution < 1.29 is 0 Å². The average Bonchev–Trinajstić information content (AvgIpc) is 3.80. The van der Waals surface area contributed by atoms with Crippen molar-refractivity contribution in [1.82, 2.24) is 50.2 Å². The van der Waals surface area contributed by atoms with Crippen LogP contribution < -0.4 is 0 Å². The Hall–Kier alpha value is -4.48. The summed E-state index contributed by atoms with van der Waals surface area (Å²) in [7, 11) is 0. The van der Waals surface area contributed by atoms with Gasteiger partial charge in [0, 0.05) is 49.3 Å². The quantitative estimate of drug-likeness (QED) is 0.157. The molecule has 0 saturated carbocycles. The van der Waals surface area contributed by atoms with E-state index in [4.69, 9.17) is 23.2 Å². The van der Waals surface area contributed by atoms with Crippen molar-refractivity contribution in [2.75, 3.05) is 26.2 Å².